The molecule has 0 aromatic heterocycles. The maximum Gasteiger partial charge on any atom is 0.0833 e. The minimum Gasteiger partial charge on any atom is -0.377 e. The van der Waals surface area contributed by atoms with E-state index in [1.807, 2.05) is 7.11 Å². The van der Waals surface area contributed by atoms with E-state index in [9.17, 15) is 0 Å². The highest BCUT2D eigenvalue weighted by Crippen LogP contribution is 2.38. The number of likely N-dealkylation sites (N-methyl/N-ethyl adjacent to an activating group) is 1. The summed E-state index contributed by atoms with van der Waals surface area (Å²) >= 11 is 0. The Labute approximate surface area is 123 Å². The van der Waals surface area contributed by atoms with Crippen molar-refractivity contribution in [2.75, 3.05) is 14.2 Å². The molecule has 0 spiro atoms. The second-order valence-electron chi connectivity index (χ2n) is 6.34. The smallest absolute Gasteiger partial charge is 0.0833 e. The molecule has 0 saturated heterocycles. The predicted octanol–water partition coefficient (Wildman–Crippen LogP) is 3.80. The predicted molar refractivity (Wildman–Crippen MR) is 85.0 cm³/mol. The van der Waals surface area contributed by atoms with Crippen LogP contribution in [0.1, 0.15) is 44.6 Å². The van der Waals surface area contributed by atoms with Crippen molar-refractivity contribution >= 4 is 0 Å². The number of rotatable bonds is 6. The van der Waals surface area contributed by atoms with Crippen LogP contribution in [0, 0.1) is 5.92 Å². The van der Waals surface area contributed by atoms with E-state index in [4.69, 9.17) is 4.74 Å². The van der Waals surface area contributed by atoms with Crippen LogP contribution in [-0.2, 0) is 11.2 Å². The first kappa shape index (κ1) is 15.5. The monoisotopic (exact) mass is 275 g/mol. The Morgan fingerprint density at radius 2 is 2.10 bits per heavy atom. The number of hydrogen-bond donors (Lipinski definition) is 1. The van der Waals surface area contributed by atoms with E-state index in [2.05, 4.69) is 49.6 Å². The topological polar surface area (TPSA) is 21.3 Å². The quantitative estimate of drug-likeness (QED) is 0.852. The first-order valence-electron chi connectivity index (χ1n) is 7.96. The molecule has 3 unspecified atom stereocenters. The Morgan fingerprint density at radius 1 is 1.35 bits per heavy atom. The van der Waals surface area contributed by atoms with E-state index in [0.717, 1.165) is 18.8 Å². The highest BCUT2D eigenvalue weighted by atomic mass is 16.5. The number of aryl methyl sites for hydroxylation is 1. The van der Waals surface area contributed by atoms with Gasteiger partial charge in [-0.3, -0.25) is 0 Å². The summed E-state index contributed by atoms with van der Waals surface area (Å²) in [5.74, 6) is 0.774. The Balaban J connectivity index is 2.02. The molecular formula is C18H29NO. The van der Waals surface area contributed by atoms with Crippen LogP contribution in [0.25, 0.3) is 0 Å². The van der Waals surface area contributed by atoms with Crippen LogP contribution in [0.15, 0.2) is 30.3 Å². The standard InChI is InChI=1S/C18H29NO/c1-15-8-7-13-18(14-15,20-3)17(19-2)12-11-16-9-5-4-6-10-16/h4-6,9-10,15,17,19H,7-8,11-14H2,1-3H3. The average molecular weight is 275 g/mol. The van der Waals surface area contributed by atoms with Crippen molar-refractivity contribution < 1.29 is 4.74 Å². The van der Waals surface area contributed by atoms with Crippen LogP contribution in [0.4, 0.5) is 0 Å². The van der Waals surface area contributed by atoms with Crippen molar-refractivity contribution in [2.24, 2.45) is 5.92 Å². The van der Waals surface area contributed by atoms with Gasteiger partial charge < -0.3 is 10.1 Å². The summed E-state index contributed by atoms with van der Waals surface area (Å²) in [6, 6.07) is 11.2. The molecule has 1 fully saturated rings. The number of ether oxygens (including phenoxy) is 1. The van der Waals surface area contributed by atoms with E-state index in [-0.39, 0.29) is 5.60 Å². The van der Waals surface area contributed by atoms with Gasteiger partial charge >= 0.3 is 0 Å². The molecule has 3 atom stereocenters. The van der Waals surface area contributed by atoms with Crippen molar-refractivity contribution in [3.63, 3.8) is 0 Å². The van der Waals surface area contributed by atoms with Gasteiger partial charge in [-0.15, -0.1) is 0 Å². The molecule has 1 aliphatic carbocycles. The molecule has 1 aromatic rings. The van der Waals surface area contributed by atoms with Gasteiger partial charge in [-0.2, -0.15) is 0 Å². The molecule has 112 valence electrons. The third kappa shape index (κ3) is 3.62. The highest BCUT2D eigenvalue weighted by Gasteiger charge is 2.41. The minimum atomic E-state index is 0.0290. The number of benzene rings is 1. The minimum absolute atomic E-state index is 0.0290. The van der Waals surface area contributed by atoms with Gasteiger partial charge in [-0.25, -0.2) is 0 Å². The molecule has 1 N–H and O–H groups in total. The molecule has 20 heavy (non-hydrogen) atoms. The van der Waals surface area contributed by atoms with Gasteiger partial charge in [-0.1, -0.05) is 50.1 Å². The largest absolute Gasteiger partial charge is 0.377 e. The molecule has 0 heterocycles. The van der Waals surface area contributed by atoms with E-state index in [1.54, 1.807) is 0 Å². The molecule has 1 saturated carbocycles. The Bertz CT molecular complexity index is 392. The van der Waals surface area contributed by atoms with E-state index in [0.29, 0.717) is 6.04 Å². The lowest BCUT2D eigenvalue weighted by Crippen LogP contribution is -2.53. The van der Waals surface area contributed by atoms with Gasteiger partial charge in [-0.05, 0) is 44.2 Å². The highest BCUT2D eigenvalue weighted by molar-refractivity contribution is 5.15. The molecule has 2 nitrogen and oxygen atoms in total. The first-order chi connectivity index (χ1) is 9.70. The van der Waals surface area contributed by atoms with Gasteiger partial charge in [0.25, 0.3) is 0 Å². The Hall–Kier alpha value is -0.860. The third-order valence-corrected chi connectivity index (χ3v) is 4.95. The average Bonchev–Trinajstić information content (AvgIpc) is 2.49. The summed E-state index contributed by atoms with van der Waals surface area (Å²) in [6.07, 6.45) is 7.27. The zero-order chi connectivity index (χ0) is 14.4. The van der Waals surface area contributed by atoms with Gasteiger partial charge in [0.15, 0.2) is 0 Å². The summed E-state index contributed by atoms with van der Waals surface area (Å²) in [7, 11) is 3.97. The van der Waals surface area contributed by atoms with E-state index < -0.39 is 0 Å². The number of hydrogen-bond acceptors (Lipinski definition) is 2. The van der Waals surface area contributed by atoms with Crippen LogP contribution < -0.4 is 5.32 Å². The summed E-state index contributed by atoms with van der Waals surface area (Å²) < 4.78 is 6.03. The van der Waals surface area contributed by atoms with Crippen molar-refractivity contribution in [3.8, 4) is 0 Å². The van der Waals surface area contributed by atoms with Crippen molar-refractivity contribution in [1.82, 2.24) is 5.32 Å². The van der Waals surface area contributed by atoms with E-state index >= 15 is 0 Å². The molecule has 2 rings (SSSR count). The molecular weight excluding hydrogens is 246 g/mol. The normalized spacial score (nSPS) is 28.2. The van der Waals surface area contributed by atoms with Crippen molar-refractivity contribution in [3.05, 3.63) is 35.9 Å². The third-order valence-electron chi connectivity index (χ3n) is 4.95. The van der Waals surface area contributed by atoms with Crippen LogP contribution in [0.2, 0.25) is 0 Å². The maximum absolute atomic E-state index is 6.03. The molecule has 0 aliphatic heterocycles. The molecule has 0 bridgehead atoms. The summed E-state index contributed by atoms with van der Waals surface area (Å²) in [5, 5.41) is 3.53. The SMILES string of the molecule is CNC(CCc1ccccc1)C1(OC)CCCC(C)C1. The van der Waals surface area contributed by atoms with E-state index in [1.165, 1.54) is 31.2 Å². The first-order valence-corrected chi connectivity index (χ1v) is 7.96. The maximum atomic E-state index is 6.03. The Kier molecular flexibility index (Phi) is 5.62. The van der Waals surface area contributed by atoms with Crippen molar-refractivity contribution in [2.45, 2.75) is 57.1 Å². The Morgan fingerprint density at radius 3 is 2.70 bits per heavy atom. The number of methoxy groups -OCH3 is 1. The van der Waals surface area contributed by atoms with Gasteiger partial charge in [0.1, 0.15) is 0 Å². The molecule has 1 aliphatic rings. The lowest BCUT2D eigenvalue weighted by Gasteiger charge is -2.44. The van der Waals surface area contributed by atoms with Gasteiger partial charge in [0.2, 0.25) is 0 Å². The van der Waals surface area contributed by atoms with Crippen LogP contribution in [0.3, 0.4) is 0 Å². The fourth-order valence-corrected chi connectivity index (χ4v) is 3.81. The lowest BCUT2D eigenvalue weighted by molar-refractivity contribution is -0.0792. The van der Waals surface area contributed by atoms with Crippen LogP contribution >= 0.6 is 0 Å². The zero-order valence-electron chi connectivity index (χ0n) is 13.2. The lowest BCUT2D eigenvalue weighted by atomic mass is 9.73. The van der Waals surface area contributed by atoms with Crippen LogP contribution in [0.5, 0.6) is 0 Å². The van der Waals surface area contributed by atoms with Crippen LogP contribution in [-0.4, -0.2) is 25.8 Å². The molecule has 2 heteroatoms. The summed E-state index contributed by atoms with van der Waals surface area (Å²) in [4.78, 5) is 0. The van der Waals surface area contributed by atoms with Gasteiger partial charge in [0.05, 0.1) is 5.60 Å². The summed E-state index contributed by atoms with van der Waals surface area (Å²) in [5.41, 5.74) is 1.45. The van der Waals surface area contributed by atoms with Gasteiger partial charge in [0, 0.05) is 13.2 Å². The number of nitrogens with one attached hydrogen (secondary N) is 1. The fourth-order valence-electron chi connectivity index (χ4n) is 3.81. The summed E-state index contributed by atoms with van der Waals surface area (Å²) in [6.45, 7) is 2.36. The zero-order valence-corrected chi connectivity index (χ0v) is 13.2. The second-order valence-corrected chi connectivity index (χ2v) is 6.34. The fraction of sp³-hybridized carbons (Fsp3) is 0.667. The second kappa shape index (κ2) is 7.24. The van der Waals surface area contributed by atoms with Crippen molar-refractivity contribution in [1.29, 1.82) is 0 Å². The molecule has 0 amide bonds. The molecule has 0 radical (unpaired) electrons. The molecule has 1 aromatic carbocycles.